The van der Waals surface area contributed by atoms with E-state index in [-0.39, 0.29) is 5.56 Å². The van der Waals surface area contributed by atoms with Crippen LogP contribution in [0.5, 0.6) is 0 Å². The zero-order valence-electron chi connectivity index (χ0n) is 8.28. The van der Waals surface area contributed by atoms with E-state index in [1.807, 2.05) is 18.5 Å². The minimum absolute atomic E-state index is 0.255. The molecule has 0 spiro atoms. The molecular weight excluding hydrogens is 260 g/mol. The molecule has 78 valence electrons. The molecule has 1 aromatic heterocycles. The van der Waals surface area contributed by atoms with Gasteiger partial charge in [-0.1, -0.05) is 0 Å². The quantitative estimate of drug-likeness (QED) is 0.864. The molecule has 0 aliphatic carbocycles. The Bertz CT molecular complexity index is 560. The second-order valence-electron chi connectivity index (χ2n) is 3.34. The summed E-state index contributed by atoms with van der Waals surface area (Å²) < 4.78 is 2.43. The summed E-state index contributed by atoms with van der Waals surface area (Å²) in [5, 5.41) is 8.96. The molecule has 0 aliphatic rings. The molecule has 0 unspecified atom stereocenters. The minimum Gasteiger partial charge on any atom is -0.478 e. The van der Waals surface area contributed by atoms with E-state index in [4.69, 9.17) is 5.11 Å². The van der Waals surface area contributed by atoms with Crippen molar-refractivity contribution in [1.29, 1.82) is 0 Å². The Labute approximate surface area is 94.7 Å². The van der Waals surface area contributed by atoms with Gasteiger partial charge in [-0.25, -0.2) is 9.78 Å². The summed E-state index contributed by atoms with van der Waals surface area (Å²) in [6.07, 6.45) is 0. The molecule has 0 fully saturated rings. The van der Waals surface area contributed by atoms with Crippen LogP contribution in [0.3, 0.4) is 0 Å². The predicted octanol–water partition coefficient (Wildman–Crippen LogP) is 2.34. The first-order chi connectivity index (χ1) is 7.00. The van der Waals surface area contributed by atoms with Crippen LogP contribution in [-0.4, -0.2) is 20.6 Å². The number of hydrogen-bond donors (Lipinski definition) is 1. The van der Waals surface area contributed by atoms with Crippen molar-refractivity contribution < 1.29 is 9.90 Å². The lowest BCUT2D eigenvalue weighted by Crippen LogP contribution is -1.98. The van der Waals surface area contributed by atoms with E-state index >= 15 is 0 Å². The SMILES string of the molecule is Cc1nc2cc(Br)c(C(=O)O)cc2n1C. The first kappa shape index (κ1) is 10.2. The number of carboxylic acids is 1. The molecule has 4 nitrogen and oxygen atoms in total. The van der Waals surface area contributed by atoms with E-state index in [0.717, 1.165) is 16.9 Å². The smallest absolute Gasteiger partial charge is 0.336 e. The minimum atomic E-state index is -0.942. The average molecular weight is 269 g/mol. The molecule has 5 heteroatoms. The number of carbonyl (C=O) groups is 1. The second kappa shape index (κ2) is 3.34. The fourth-order valence-electron chi connectivity index (χ4n) is 1.50. The lowest BCUT2D eigenvalue weighted by Gasteiger charge is -2.00. The Hall–Kier alpha value is -1.36. The molecule has 0 bridgehead atoms. The van der Waals surface area contributed by atoms with Crippen molar-refractivity contribution in [1.82, 2.24) is 9.55 Å². The molecule has 0 aliphatic heterocycles. The highest BCUT2D eigenvalue weighted by Crippen LogP contribution is 2.24. The second-order valence-corrected chi connectivity index (χ2v) is 4.20. The first-order valence-electron chi connectivity index (χ1n) is 4.36. The maximum atomic E-state index is 10.9. The van der Waals surface area contributed by atoms with E-state index in [1.165, 1.54) is 0 Å². The summed E-state index contributed by atoms with van der Waals surface area (Å²) >= 11 is 3.22. The zero-order valence-corrected chi connectivity index (χ0v) is 9.87. The number of nitrogens with zero attached hydrogens (tertiary/aromatic N) is 2. The Morgan fingerprint density at radius 3 is 2.80 bits per heavy atom. The maximum absolute atomic E-state index is 10.9. The number of fused-ring (bicyclic) bond motifs is 1. The monoisotopic (exact) mass is 268 g/mol. The Balaban J connectivity index is 2.83. The number of aromatic carboxylic acids is 1. The van der Waals surface area contributed by atoms with Gasteiger partial charge in [0.25, 0.3) is 0 Å². The standard InChI is InChI=1S/C10H9BrN2O2/c1-5-12-8-4-7(11)6(10(14)15)3-9(8)13(5)2/h3-4H,1-2H3,(H,14,15). The first-order valence-corrected chi connectivity index (χ1v) is 5.16. The number of rotatable bonds is 1. The highest BCUT2D eigenvalue weighted by molar-refractivity contribution is 9.10. The van der Waals surface area contributed by atoms with Crippen LogP contribution in [0.15, 0.2) is 16.6 Å². The van der Waals surface area contributed by atoms with Crippen LogP contribution in [0, 0.1) is 6.92 Å². The lowest BCUT2D eigenvalue weighted by atomic mass is 10.2. The number of benzene rings is 1. The van der Waals surface area contributed by atoms with Crippen LogP contribution in [0.25, 0.3) is 11.0 Å². The van der Waals surface area contributed by atoms with E-state index < -0.39 is 5.97 Å². The zero-order chi connectivity index (χ0) is 11.2. The lowest BCUT2D eigenvalue weighted by molar-refractivity contribution is 0.0696. The molecule has 0 amide bonds. The van der Waals surface area contributed by atoms with Crippen molar-refractivity contribution >= 4 is 32.9 Å². The molecule has 0 saturated carbocycles. The molecular formula is C10H9BrN2O2. The third kappa shape index (κ3) is 1.52. The fourth-order valence-corrected chi connectivity index (χ4v) is 2.00. The molecule has 0 atom stereocenters. The van der Waals surface area contributed by atoms with Gasteiger partial charge >= 0.3 is 5.97 Å². The van der Waals surface area contributed by atoms with Crippen LogP contribution in [-0.2, 0) is 7.05 Å². The van der Waals surface area contributed by atoms with E-state index in [9.17, 15) is 4.79 Å². The molecule has 0 radical (unpaired) electrons. The predicted molar refractivity (Wildman–Crippen MR) is 60.1 cm³/mol. The highest BCUT2D eigenvalue weighted by atomic mass is 79.9. The van der Waals surface area contributed by atoms with Crippen molar-refractivity contribution in [2.24, 2.45) is 7.05 Å². The van der Waals surface area contributed by atoms with Crippen LogP contribution >= 0.6 is 15.9 Å². The van der Waals surface area contributed by atoms with Crippen LogP contribution in [0.2, 0.25) is 0 Å². The maximum Gasteiger partial charge on any atom is 0.336 e. The Morgan fingerprint density at radius 2 is 2.20 bits per heavy atom. The summed E-state index contributed by atoms with van der Waals surface area (Å²) in [5.74, 6) is -0.0814. The van der Waals surface area contributed by atoms with Crippen molar-refractivity contribution in [3.8, 4) is 0 Å². The van der Waals surface area contributed by atoms with Gasteiger partial charge in [0.05, 0.1) is 16.6 Å². The fraction of sp³-hybridized carbons (Fsp3) is 0.200. The number of carboxylic acid groups (broad SMARTS) is 1. The third-order valence-corrected chi connectivity index (χ3v) is 3.08. The largest absolute Gasteiger partial charge is 0.478 e. The molecule has 1 heterocycles. The van der Waals surface area contributed by atoms with Crippen molar-refractivity contribution in [2.45, 2.75) is 6.92 Å². The highest BCUT2D eigenvalue weighted by Gasteiger charge is 2.13. The molecule has 1 aromatic carbocycles. The summed E-state index contributed by atoms with van der Waals surface area (Å²) in [7, 11) is 1.87. The van der Waals surface area contributed by atoms with Gasteiger partial charge in [0, 0.05) is 11.5 Å². The van der Waals surface area contributed by atoms with Gasteiger partial charge in [0.1, 0.15) is 5.82 Å². The molecule has 15 heavy (non-hydrogen) atoms. The number of hydrogen-bond acceptors (Lipinski definition) is 2. The molecule has 0 saturated heterocycles. The van der Waals surface area contributed by atoms with Gasteiger partial charge in [0.15, 0.2) is 0 Å². The van der Waals surface area contributed by atoms with Gasteiger partial charge in [-0.2, -0.15) is 0 Å². The van der Waals surface area contributed by atoms with Gasteiger partial charge in [-0.3, -0.25) is 0 Å². The summed E-state index contributed by atoms with van der Waals surface area (Å²) in [4.78, 5) is 15.2. The number of aromatic nitrogens is 2. The van der Waals surface area contributed by atoms with Crippen LogP contribution in [0.4, 0.5) is 0 Å². The van der Waals surface area contributed by atoms with E-state index in [2.05, 4.69) is 20.9 Å². The number of imidazole rings is 1. The van der Waals surface area contributed by atoms with Gasteiger partial charge in [0.2, 0.25) is 0 Å². The Kier molecular flexibility index (Phi) is 2.26. The van der Waals surface area contributed by atoms with E-state index in [0.29, 0.717) is 4.47 Å². The third-order valence-electron chi connectivity index (χ3n) is 2.42. The Morgan fingerprint density at radius 1 is 1.53 bits per heavy atom. The summed E-state index contributed by atoms with van der Waals surface area (Å²) in [6.45, 7) is 1.88. The van der Waals surface area contributed by atoms with Gasteiger partial charge in [-0.05, 0) is 35.0 Å². The van der Waals surface area contributed by atoms with Crippen molar-refractivity contribution in [3.05, 3.63) is 28.0 Å². The van der Waals surface area contributed by atoms with Gasteiger partial charge < -0.3 is 9.67 Å². The average Bonchev–Trinajstić information content (AvgIpc) is 2.41. The molecule has 2 aromatic rings. The van der Waals surface area contributed by atoms with Crippen LogP contribution < -0.4 is 0 Å². The van der Waals surface area contributed by atoms with E-state index in [1.54, 1.807) is 12.1 Å². The van der Waals surface area contributed by atoms with Crippen LogP contribution in [0.1, 0.15) is 16.2 Å². The van der Waals surface area contributed by atoms with Crippen molar-refractivity contribution in [2.75, 3.05) is 0 Å². The molecule has 2 rings (SSSR count). The number of halogens is 1. The normalized spacial score (nSPS) is 10.9. The van der Waals surface area contributed by atoms with Crippen molar-refractivity contribution in [3.63, 3.8) is 0 Å². The van der Waals surface area contributed by atoms with Gasteiger partial charge in [-0.15, -0.1) is 0 Å². The summed E-state index contributed by atoms with van der Waals surface area (Å²) in [6, 6.07) is 3.35. The molecule has 1 N–H and O–H groups in total. The topological polar surface area (TPSA) is 55.1 Å². The number of aryl methyl sites for hydroxylation is 2. The summed E-state index contributed by atoms with van der Waals surface area (Å²) in [5.41, 5.74) is 1.88.